The highest BCUT2D eigenvalue weighted by Gasteiger charge is 2.11. The van der Waals surface area contributed by atoms with Gasteiger partial charge in [-0.3, -0.25) is 4.79 Å². The van der Waals surface area contributed by atoms with Gasteiger partial charge in [0.1, 0.15) is 0 Å². The van der Waals surface area contributed by atoms with Gasteiger partial charge >= 0.3 is 0 Å². The third kappa shape index (κ3) is 4.74. The molecule has 1 unspecified atom stereocenters. The molecule has 0 bridgehead atoms. The molecule has 0 fully saturated rings. The molecule has 0 spiro atoms. The summed E-state index contributed by atoms with van der Waals surface area (Å²) in [6, 6.07) is 15.1. The summed E-state index contributed by atoms with van der Waals surface area (Å²) < 4.78 is 0. The van der Waals surface area contributed by atoms with E-state index >= 15 is 0 Å². The highest BCUT2D eigenvalue weighted by Crippen LogP contribution is 2.19. The molecular formula is C18H22N2O2S. The maximum atomic E-state index is 12.2. The van der Waals surface area contributed by atoms with Gasteiger partial charge in [-0.25, -0.2) is 0 Å². The van der Waals surface area contributed by atoms with E-state index in [0.29, 0.717) is 5.56 Å². The fourth-order valence-corrected chi connectivity index (χ4v) is 2.57. The summed E-state index contributed by atoms with van der Waals surface area (Å²) in [7, 11) is 3.86. The number of anilines is 1. The Morgan fingerprint density at radius 2 is 1.91 bits per heavy atom. The molecule has 1 atom stereocenters. The number of rotatable bonds is 6. The number of benzene rings is 2. The van der Waals surface area contributed by atoms with E-state index in [9.17, 15) is 9.90 Å². The number of nitrogens with zero attached hydrogens (tertiary/aromatic N) is 1. The third-order valence-corrected chi connectivity index (χ3v) is 4.32. The molecule has 0 aromatic heterocycles. The van der Waals surface area contributed by atoms with Crippen LogP contribution >= 0.6 is 11.8 Å². The number of thioether (sulfide) groups is 1. The van der Waals surface area contributed by atoms with Crippen molar-refractivity contribution in [3.63, 3.8) is 0 Å². The van der Waals surface area contributed by atoms with Gasteiger partial charge in [0, 0.05) is 36.8 Å². The van der Waals surface area contributed by atoms with Gasteiger partial charge in [0.25, 0.3) is 5.91 Å². The highest BCUT2D eigenvalue weighted by atomic mass is 32.2. The molecule has 1 amide bonds. The zero-order valence-electron chi connectivity index (χ0n) is 13.6. The average Bonchev–Trinajstić information content (AvgIpc) is 2.59. The van der Waals surface area contributed by atoms with Gasteiger partial charge in [0.2, 0.25) is 0 Å². The quantitative estimate of drug-likeness (QED) is 0.800. The van der Waals surface area contributed by atoms with Gasteiger partial charge in [-0.1, -0.05) is 18.2 Å². The predicted molar refractivity (Wildman–Crippen MR) is 96.3 cm³/mol. The second-order valence-corrected chi connectivity index (χ2v) is 6.32. The van der Waals surface area contributed by atoms with E-state index in [-0.39, 0.29) is 12.5 Å². The van der Waals surface area contributed by atoms with Crippen molar-refractivity contribution >= 4 is 23.4 Å². The Balaban J connectivity index is 1.96. The Hall–Kier alpha value is -1.98. The van der Waals surface area contributed by atoms with Crippen molar-refractivity contribution < 1.29 is 9.90 Å². The predicted octanol–water partition coefficient (Wildman–Crippen LogP) is 2.94. The van der Waals surface area contributed by atoms with Crippen molar-refractivity contribution in [2.45, 2.75) is 11.0 Å². The Kier molecular flexibility index (Phi) is 6.07. The molecule has 2 aromatic carbocycles. The number of aliphatic hydroxyl groups is 1. The van der Waals surface area contributed by atoms with E-state index in [2.05, 4.69) is 5.32 Å². The summed E-state index contributed by atoms with van der Waals surface area (Å²) in [6.45, 7) is 0.184. The minimum absolute atomic E-state index is 0.184. The largest absolute Gasteiger partial charge is 0.387 e. The number of aliphatic hydroxyl groups excluding tert-OH is 1. The minimum atomic E-state index is -0.716. The van der Waals surface area contributed by atoms with Crippen LogP contribution in [0.4, 0.5) is 5.69 Å². The molecule has 2 rings (SSSR count). The normalized spacial score (nSPS) is 11.8. The molecule has 0 aliphatic carbocycles. The molecule has 5 heteroatoms. The van der Waals surface area contributed by atoms with Crippen LogP contribution in [0.3, 0.4) is 0 Å². The van der Waals surface area contributed by atoms with Gasteiger partial charge in [0.15, 0.2) is 0 Å². The number of carbonyl (C=O) groups excluding carboxylic acids is 1. The molecule has 0 radical (unpaired) electrons. The fraction of sp³-hybridized carbons (Fsp3) is 0.278. The van der Waals surface area contributed by atoms with Crippen LogP contribution in [-0.2, 0) is 0 Å². The molecular weight excluding hydrogens is 308 g/mol. The van der Waals surface area contributed by atoms with E-state index in [0.717, 1.165) is 16.1 Å². The lowest BCUT2D eigenvalue weighted by Crippen LogP contribution is -2.28. The van der Waals surface area contributed by atoms with Crippen LogP contribution in [0.5, 0.6) is 0 Å². The third-order valence-electron chi connectivity index (χ3n) is 3.58. The zero-order chi connectivity index (χ0) is 16.8. The van der Waals surface area contributed by atoms with E-state index < -0.39 is 6.10 Å². The molecule has 0 aliphatic heterocycles. The van der Waals surface area contributed by atoms with Gasteiger partial charge in [-0.2, -0.15) is 0 Å². The van der Waals surface area contributed by atoms with Crippen LogP contribution in [0.25, 0.3) is 0 Å². The Morgan fingerprint density at radius 1 is 1.22 bits per heavy atom. The summed E-state index contributed by atoms with van der Waals surface area (Å²) >= 11 is 1.65. The van der Waals surface area contributed by atoms with Crippen LogP contribution in [0.1, 0.15) is 22.0 Å². The SMILES string of the molecule is CSc1ccc(C(O)CNC(=O)c2cccc(N(C)C)c2)cc1. The second-order valence-electron chi connectivity index (χ2n) is 5.44. The molecule has 23 heavy (non-hydrogen) atoms. The smallest absolute Gasteiger partial charge is 0.251 e. The lowest BCUT2D eigenvalue weighted by Gasteiger charge is -2.15. The van der Waals surface area contributed by atoms with Crippen molar-refractivity contribution in [1.82, 2.24) is 5.32 Å². The van der Waals surface area contributed by atoms with Crippen molar-refractivity contribution in [1.29, 1.82) is 0 Å². The monoisotopic (exact) mass is 330 g/mol. The molecule has 0 saturated carbocycles. The molecule has 0 aliphatic rings. The number of hydrogen-bond acceptors (Lipinski definition) is 4. The average molecular weight is 330 g/mol. The Bertz CT molecular complexity index is 656. The van der Waals surface area contributed by atoms with E-state index in [1.165, 1.54) is 0 Å². The standard InChI is InChI=1S/C18H22N2O2S/c1-20(2)15-6-4-5-14(11-15)18(22)19-12-17(21)13-7-9-16(23-3)10-8-13/h4-11,17,21H,12H2,1-3H3,(H,19,22). The fourth-order valence-electron chi connectivity index (χ4n) is 2.16. The summed E-state index contributed by atoms with van der Waals surface area (Å²) in [4.78, 5) is 15.3. The first-order chi connectivity index (χ1) is 11.0. The van der Waals surface area contributed by atoms with E-state index in [4.69, 9.17) is 0 Å². The lowest BCUT2D eigenvalue weighted by atomic mass is 10.1. The van der Waals surface area contributed by atoms with Crippen LogP contribution in [0.15, 0.2) is 53.4 Å². The van der Waals surface area contributed by atoms with Gasteiger partial charge in [-0.15, -0.1) is 11.8 Å². The molecule has 122 valence electrons. The van der Waals surface area contributed by atoms with Crippen molar-refractivity contribution in [3.05, 3.63) is 59.7 Å². The molecule has 0 saturated heterocycles. The molecule has 2 N–H and O–H groups in total. The van der Waals surface area contributed by atoms with Crippen LogP contribution in [0, 0.1) is 0 Å². The molecule has 0 heterocycles. The van der Waals surface area contributed by atoms with Gasteiger partial charge in [0.05, 0.1) is 6.10 Å². The van der Waals surface area contributed by atoms with E-state index in [1.807, 2.05) is 67.7 Å². The first-order valence-corrected chi connectivity index (χ1v) is 8.61. The van der Waals surface area contributed by atoms with Crippen LogP contribution in [0.2, 0.25) is 0 Å². The van der Waals surface area contributed by atoms with Crippen molar-refractivity contribution in [2.75, 3.05) is 31.8 Å². The molecule has 2 aromatic rings. The number of amides is 1. The minimum Gasteiger partial charge on any atom is -0.387 e. The van der Waals surface area contributed by atoms with Crippen molar-refractivity contribution in [2.24, 2.45) is 0 Å². The topological polar surface area (TPSA) is 52.6 Å². The maximum absolute atomic E-state index is 12.2. The Labute approximate surface area is 141 Å². The maximum Gasteiger partial charge on any atom is 0.251 e. The summed E-state index contributed by atoms with van der Waals surface area (Å²) in [6.07, 6.45) is 1.29. The lowest BCUT2D eigenvalue weighted by molar-refractivity contribution is 0.0916. The molecule has 4 nitrogen and oxygen atoms in total. The van der Waals surface area contributed by atoms with Crippen LogP contribution in [-0.4, -0.2) is 37.9 Å². The number of hydrogen-bond donors (Lipinski definition) is 2. The second kappa shape index (κ2) is 8.04. The van der Waals surface area contributed by atoms with Crippen molar-refractivity contribution in [3.8, 4) is 0 Å². The number of carbonyl (C=O) groups is 1. The first kappa shape index (κ1) is 17.4. The first-order valence-electron chi connectivity index (χ1n) is 7.39. The number of nitrogens with one attached hydrogen (secondary N) is 1. The van der Waals surface area contributed by atoms with Gasteiger partial charge in [-0.05, 0) is 42.2 Å². The summed E-state index contributed by atoms with van der Waals surface area (Å²) in [5.41, 5.74) is 2.34. The van der Waals surface area contributed by atoms with E-state index in [1.54, 1.807) is 17.8 Å². The Morgan fingerprint density at radius 3 is 2.52 bits per heavy atom. The van der Waals surface area contributed by atoms with Gasteiger partial charge < -0.3 is 15.3 Å². The summed E-state index contributed by atoms with van der Waals surface area (Å²) in [5.74, 6) is -0.187. The summed E-state index contributed by atoms with van der Waals surface area (Å²) in [5, 5.41) is 13.0. The van der Waals surface area contributed by atoms with Crippen LogP contribution < -0.4 is 10.2 Å². The highest BCUT2D eigenvalue weighted by molar-refractivity contribution is 7.98. The zero-order valence-corrected chi connectivity index (χ0v) is 14.4.